The fourth-order valence-corrected chi connectivity index (χ4v) is 2.55. The van der Waals surface area contributed by atoms with E-state index in [0.717, 1.165) is 16.9 Å². The third-order valence-electron chi connectivity index (χ3n) is 2.94. The molecule has 3 nitrogen and oxygen atoms in total. The Morgan fingerprint density at radius 1 is 1.25 bits per heavy atom. The molecule has 2 N–H and O–H groups in total. The highest BCUT2D eigenvalue weighted by atomic mass is 79.9. The summed E-state index contributed by atoms with van der Waals surface area (Å²) in [6.07, 6.45) is 0. The summed E-state index contributed by atoms with van der Waals surface area (Å²) in [6.45, 7) is 1.29. The number of hydrogen-bond acceptors (Lipinski definition) is 3. The zero-order valence-corrected chi connectivity index (χ0v) is 13.3. The first-order valence-electron chi connectivity index (χ1n) is 6.11. The van der Waals surface area contributed by atoms with Crippen molar-refractivity contribution in [3.63, 3.8) is 0 Å². The van der Waals surface area contributed by atoms with Crippen molar-refractivity contribution in [1.82, 2.24) is 5.32 Å². The Morgan fingerprint density at radius 3 is 2.75 bits per heavy atom. The minimum atomic E-state index is 0.238. The van der Waals surface area contributed by atoms with E-state index in [0.29, 0.717) is 22.6 Å². The highest BCUT2D eigenvalue weighted by Crippen LogP contribution is 2.26. The van der Waals surface area contributed by atoms with Crippen LogP contribution in [0.1, 0.15) is 11.1 Å². The van der Waals surface area contributed by atoms with Crippen molar-refractivity contribution in [3.8, 4) is 11.5 Å². The second-order valence-corrected chi connectivity index (χ2v) is 5.57. The fourth-order valence-electron chi connectivity index (χ4n) is 1.89. The number of phenolic OH excluding ortho intramolecular Hbond substituents is 1. The van der Waals surface area contributed by atoms with Crippen LogP contribution in [0.25, 0.3) is 0 Å². The van der Waals surface area contributed by atoms with Crippen LogP contribution >= 0.6 is 27.5 Å². The Hall–Kier alpha value is -1.23. The van der Waals surface area contributed by atoms with Gasteiger partial charge in [-0.1, -0.05) is 23.7 Å². The number of rotatable bonds is 5. The predicted molar refractivity (Wildman–Crippen MR) is 84.4 cm³/mol. The van der Waals surface area contributed by atoms with Crippen molar-refractivity contribution >= 4 is 27.5 Å². The Kier molecular flexibility index (Phi) is 5.29. The van der Waals surface area contributed by atoms with Crippen LogP contribution in [0.15, 0.2) is 40.9 Å². The third kappa shape index (κ3) is 3.66. The molecular formula is C15H15BrClNO2. The molecule has 0 radical (unpaired) electrons. The molecule has 0 saturated carbocycles. The lowest BCUT2D eigenvalue weighted by Crippen LogP contribution is -2.13. The minimum Gasteiger partial charge on any atom is -0.507 e. The zero-order chi connectivity index (χ0) is 14.5. The summed E-state index contributed by atoms with van der Waals surface area (Å²) in [7, 11) is 1.63. The van der Waals surface area contributed by atoms with Gasteiger partial charge in [0, 0.05) is 23.7 Å². The summed E-state index contributed by atoms with van der Waals surface area (Å²) < 4.78 is 5.99. The summed E-state index contributed by atoms with van der Waals surface area (Å²) in [5.41, 5.74) is 2.01. The normalized spacial score (nSPS) is 10.6. The first-order chi connectivity index (χ1) is 9.61. The number of aromatic hydroxyl groups is 1. The summed E-state index contributed by atoms with van der Waals surface area (Å²) >= 11 is 9.47. The second-order valence-electron chi connectivity index (χ2n) is 4.31. The fraction of sp³-hybridized carbons (Fsp3) is 0.200. The average molecular weight is 357 g/mol. The number of nitrogens with one attached hydrogen (secondary N) is 1. The summed E-state index contributed by atoms with van der Waals surface area (Å²) in [5, 5.41) is 13.4. The SMILES string of the molecule is COc1cccc(Cl)c1CNCc1ccc(O)c(Br)c1. The van der Waals surface area contributed by atoms with Gasteiger partial charge in [-0.2, -0.15) is 0 Å². The average Bonchev–Trinajstić information content (AvgIpc) is 2.44. The first kappa shape index (κ1) is 15.2. The van der Waals surface area contributed by atoms with Crippen LogP contribution in [0.5, 0.6) is 11.5 Å². The smallest absolute Gasteiger partial charge is 0.129 e. The molecule has 0 atom stereocenters. The van der Waals surface area contributed by atoms with Crippen LogP contribution in [0.2, 0.25) is 5.02 Å². The monoisotopic (exact) mass is 355 g/mol. The van der Waals surface area contributed by atoms with Crippen LogP contribution < -0.4 is 10.1 Å². The van der Waals surface area contributed by atoms with E-state index in [-0.39, 0.29) is 5.75 Å². The largest absolute Gasteiger partial charge is 0.507 e. The molecule has 0 aliphatic heterocycles. The zero-order valence-electron chi connectivity index (χ0n) is 11.0. The van der Waals surface area contributed by atoms with Crippen LogP contribution in [-0.4, -0.2) is 12.2 Å². The maximum atomic E-state index is 9.45. The molecule has 0 heterocycles. The summed E-state index contributed by atoms with van der Waals surface area (Å²) in [6, 6.07) is 11.0. The lowest BCUT2D eigenvalue weighted by molar-refractivity contribution is 0.407. The molecule has 0 unspecified atom stereocenters. The van der Waals surface area contributed by atoms with E-state index >= 15 is 0 Å². The molecular weight excluding hydrogens is 342 g/mol. The van der Waals surface area contributed by atoms with E-state index in [2.05, 4.69) is 21.2 Å². The van der Waals surface area contributed by atoms with E-state index in [1.54, 1.807) is 13.2 Å². The molecule has 106 valence electrons. The van der Waals surface area contributed by atoms with Gasteiger partial charge in [0.15, 0.2) is 0 Å². The predicted octanol–water partition coefficient (Wildman–Crippen LogP) is 4.11. The molecule has 0 bridgehead atoms. The number of methoxy groups -OCH3 is 1. The van der Waals surface area contributed by atoms with Gasteiger partial charge in [-0.25, -0.2) is 0 Å². The molecule has 0 aliphatic rings. The molecule has 0 spiro atoms. The van der Waals surface area contributed by atoms with E-state index in [1.807, 2.05) is 30.3 Å². The standard InChI is InChI=1S/C15H15BrClNO2/c1-20-15-4-2-3-13(17)11(15)9-18-8-10-5-6-14(19)12(16)7-10/h2-7,18-19H,8-9H2,1H3. The van der Waals surface area contributed by atoms with Gasteiger partial charge in [0.05, 0.1) is 11.6 Å². The number of hydrogen-bond donors (Lipinski definition) is 2. The third-order valence-corrected chi connectivity index (χ3v) is 3.93. The molecule has 0 fully saturated rings. The molecule has 2 aromatic rings. The molecule has 5 heteroatoms. The van der Waals surface area contributed by atoms with Crippen molar-refractivity contribution in [2.45, 2.75) is 13.1 Å². The Labute approximate surface area is 131 Å². The maximum Gasteiger partial charge on any atom is 0.129 e. The Balaban J connectivity index is 2.01. The summed E-state index contributed by atoms with van der Waals surface area (Å²) in [5.74, 6) is 1.01. The number of phenols is 1. The van der Waals surface area contributed by atoms with E-state index in [9.17, 15) is 5.11 Å². The van der Waals surface area contributed by atoms with Crippen LogP contribution in [-0.2, 0) is 13.1 Å². The number of benzene rings is 2. The number of ether oxygens (including phenoxy) is 1. The molecule has 20 heavy (non-hydrogen) atoms. The second kappa shape index (κ2) is 6.97. The molecule has 0 amide bonds. The van der Waals surface area contributed by atoms with Gasteiger partial charge >= 0.3 is 0 Å². The van der Waals surface area contributed by atoms with Crippen LogP contribution in [0.3, 0.4) is 0 Å². The lowest BCUT2D eigenvalue weighted by Gasteiger charge is -2.11. The van der Waals surface area contributed by atoms with Crippen molar-refractivity contribution in [3.05, 3.63) is 57.0 Å². The Bertz CT molecular complexity index is 604. The van der Waals surface area contributed by atoms with Crippen LogP contribution in [0.4, 0.5) is 0 Å². The van der Waals surface area contributed by atoms with Gasteiger partial charge in [-0.3, -0.25) is 0 Å². The molecule has 0 aromatic heterocycles. The van der Waals surface area contributed by atoms with E-state index < -0.39 is 0 Å². The van der Waals surface area contributed by atoms with Crippen molar-refractivity contribution in [2.24, 2.45) is 0 Å². The lowest BCUT2D eigenvalue weighted by atomic mass is 10.2. The molecule has 2 aromatic carbocycles. The van der Waals surface area contributed by atoms with Crippen molar-refractivity contribution in [2.75, 3.05) is 7.11 Å². The first-order valence-corrected chi connectivity index (χ1v) is 7.28. The van der Waals surface area contributed by atoms with E-state index in [1.165, 1.54) is 0 Å². The van der Waals surface area contributed by atoms with Gasteiger partial charge in [0.25, 0.3) is 0 Å². The van der Waals surface area contributed by atoms with Crippen molar-refractivity contribution < 1.29 is 9.84 Å². The minimum absolute atomic E-state index is 0.238. The van der Waals surface area contributed by atoms with Gasteiger partial charge in [-0.15, -0.1) is 0 Å². The van der Waals surface area contributed by atoms with Gasteiger partial charge in [0.2, 0.25) is 0 Å². The van der Waals surface area contributed by atoms with E-state index in [4.69, 9.17) is 16.3 Å². The molecule has 2 rings (SSSR count). The maximum absolute atomic E-state index is 9.45. The quantitative estimate of drug-likeness (QED) is 0.847. The highest BCUT2D eigenvalue weighted by Gasteiger charge is 2.07. The van der Waals surface area contributed by atoms with Gasteiger partial charge < -0.3 is 15.2 Å². The number of halogens is 2. The van der Waals surface area contributed by atoms with Gasteiger partial charge in [-0.05, 0) is 45.8 Å². The van der Waals surface area contributed by atoms with Gasteiger partial charge in [0.1, 0.15) is 11.5 Å². The topological polar surface area (TPSA) is 41.5 Å². The van der Waals surface area contributed by atoms with Crippen molar-refractivity contribution in [1.29, 1.82) is 0 Å². The highest BCUT2D eigenvalue weighted by molar-refractivity contribution is 9.10. The molecule has 0 saturated heterocycles. The molecule has 0 aliphatic carbocycles. The Morgan fingerprint density at radius 2 is 2.05 bits per heavy atom. The summed E-state index contributed by atoms with van der Waals surface area (Å²) in [4.78, 5) is 0. The van der Waals surface area contributed by atoms with Crippen LogP contribution in [0, 0.1) is 0 Å².